The van der Waals surface area contributed by atoms with E-state index in [0.717, 1.165) is 0 Å². The second-order valence-electron chi connectivity index (χ2n) is 3.54. The quantitative estimate of drug-likeness (QED) is 0.590. The fraction of sp³-hybridized carbons (Fsp3) is 0.364. The molecular weight excluding hydrogens is 228 g/mol. The fourth-order valence-corrected chi connectivity index (χ4v) is 1.40. The van der Waals surface area contributed by atoms with E-state index in [2.05, 4.69) is 0 Å². The van der Waals surface area contributed by atoms with Crippen LogP contribution in [0.1, 0.15) is 18.1 Å². The van der Waals surface area contributed by atoms with Gasteiger partial charge < -0.3 is 25.2 Å². The number of aliphatic carboxylic acids is 1. The zero-order valence-corrected chi connectivity index (χ0v) is 9.20. The normalized spacial score (nSPS) is 14.1. The number of rotatable bonds is 5. The Hall–Kier alpha value is -1.79. The molecule has 2 atom stereocenters. The summed E-state index contributed by atoms with van der Waals surface area (Å²) in [5.74, 6) is -1.17. The Labute approximate surface area is 97.7 Å². The standard InChI is InChI=1S/C11H14O6/c1-17-9-3-2-6(4-7(9)12)11(16)8(13)5-10(14)15/h2-4,8,11-13,16H,5H2,1H3,(H,14,15). The molecule has 0 amide bonds. The number of carbonyl (C=O) groups is 1. The van der Waals surface area contributed by atoms with Crippen molar-refractivity contribution in [3.8, 4) is 11.5 Å². The van der Waals surface area contributed by atoms with Gasteiger partial charge in [-0.2, -0.15) is 0 Å². The van der Waals surface area contributed by atoms with E-state index in [-0.39, 0.29) is 17.1 Å². The van der Waals surface area contributed by atoms with Crippen LogP contribution in [0.2, 0.25) is 0 Å². The summed E-state index contributed by atoms with van der Waals surface area (Å²) >= 11 is 0. The van der Waals surface area contributed by atoms with Crippen molar-refractivity contribution in [2.24, 2.45) is 0 Å². The molecule has 1 aromatic carbocycles. The van der Waals surface area contributed by atoms with Crippen molar-refractivity contribution in [3.63, 3.8) is 0 Å². The molecule has 94 valence electrons. The summed E-state index contributed by atoms with van der Waals surface area (Å²) in [6.45, 7) is 0. The lowest BCUT2D eigenvalue weighted by molar-refractivity contribution is -0.141. The van der Waals surface area contributed by atoms with Crippen LogP contribution < -0.4 is 4.74 Å². The molecule has 4 N–H and O–H groups in total. The molecule has 6 nitrogen and oxygen atoms in total. The van der Waals surface area contributed by atoms with Crippen LogP contribution in [0.15, 0.2) is 18.2 Å². The lowest BCUT2D eigenvalue weighted by Gasteiger charge is -2.17. The number of phenols is 1. The third-order valence-electron chi connectivity index (χ3n) is 2.29. The zero-order chi connectivity index (χ0) is 13.0. The van der Waals surface area contributed by atoms with Crippen LogP contribution in [0.3, 0.4) is 0 Å². The summed E-state index contributed by atoms with van der Waals surface area (Å²) in [4.78, 5) is 10.4. The molecule has 0 bridgehead atoms. The fourth-order valence-electron chi connectivity index (χ4n) is 1.40. The van der Waals surface area contributed by atoms with Gasteiger partial charge >= 0.3 is 5.97 Å². The Kier molecular flexibility index (Phi) is 4.30. The second-order valence-corrected chi connectivity index (χ2v) is 3.54. The number of benzene rings is 1. The van der Waals surface area contributed by atoms with Gasteiger partial charge in [-0.15, -0.1) is 0 Å². The Balaban J connectivity index is 2.85. The molecule has 0 aliphatic rings. The van der Waals surface area contributed by atoms with Gasteiger partial charge in [0, 0.05) is 0 Å². The monoisotopic (exact) mass is 242 g/mol. The SMILES string of the molecule is COc1ccc(C(O)C(O)CC(=O)O)cc1O. The summed E-state index contributed by atoms with van der Waals surface area (Å²) in [6.07, 6.45) is -3.38. The topological polar surface area (TPSA) is 107 Å². The number of ether oxygens (including phenoxy) is 1. The van der Waals surface area contributed by atoms with Crippen LogP contribution in [-0.4, -0.2) is 39.6 Å². The van der Waals surface area contributed by atoms with Gasteiger partial charge in [0.2, 0.25) is 0 Å². The predicted octanol–water partition coefficient (Wildman–Crippen LogP) is 0.270. The Morgan fingerprint density at radius 1 is 1.41 bits per heavy atom. The van der Waals surface area contributed by atoms with Gasteiger partial charge in [0.1, 0.15) is 6.10 Å². The number of aromatic hydroxyl groups is 1. The van der Waals surface area contributed by atoms with Gasteiger partial charge in [-0.05, 0) is 17.7 Å². The highest BCUT2D eigenvalue weighted by Crippen LogP contribution is 2.30. The minimum Gasteiger partial charge on any atom is -0.504 e. The first kappa shape index (κ1) is 13.3. The van der Waals surface area contributed by atoms with Crippen molar-refractivity contribution in [2.45, 2.75) is 18.6 Å². The van der Waals surface area contributed by atoms with Crippen molar-refractivity contribution in [1.82, 2.24) is 0 Å². The van der Waals surface area contributed by atoms with Crippen molar-refractivity contribution < 1.29 is 30.0 Å². The first-order valence-corrected chi connectivity index (χ1v) is 4.90. The number of hydrogen-bond acceptors (Lipinski definition) is 5. The van der Waals surface area contributed by atoms with E-state index in [9.17, 15) is 20.1 Å². The van der Waals surface area contributed by atoms with Crippen LogP contribution in [0.5, 0.6) is 11.5 Å². The molecule has 2 unspecified atom stereocenters. The number of aliphatic hydroxyl groups excluding tert-OH is 2. The average Bonchev–Trinajstić information content (AvgIpc) is 2.27. The average molecular weight is 242 g/mol. The molecule has 6 heteroatoms. The highest BCUT2D eigenvalue weighted by atomic mass is 16.5. The Bertz CT molecular complexity index is 403. The van der Waals surface area contributed by atoms with Crippen molar-refractivity contribution in [2.75, 3.05) is 7.11 Å². The van der Waals surface area contributed by atoms with Gasteiger partial charge in [-0.3, -0.25) is 4.79 Å². The zero-order valence-electron chi connectivity index (χ0n) is 9.20. The van der Waals surface area contributed by atoms with Gasteiger partial charge in [0.15, 0.2) is 11.5 Å². The van der Waals surface area contributed by atoms with E-state index in [4.69, 9.17) is 9.84 Å². The molecule has 0 radical (unpaired) electrons. The maximum absolute atomic E-state index is 10.4. The molecular formula is C11H14O6. The summed E-state index contributed by atoms with van der Waals surface area (Å²) in [5, 5.41) is 37.0. The smallest absolute Gasteiger partial charge is 0.306 e. The highest BCUT2D eigenvalue weighted by molar-refractivity contribution is 5.67. The number of hydrogen-bond donors (Lipinski definition) is 4. The van der Waals surface area contributed by atoms with Crippen LogP contribution in [0.25, 0.3) is 0 Å². The largest absolute Gasteiger partial charge is 0.504 e. The number of aliphatic hydroxyl groups is 2. The first-order chi connectivity index (χ1) is 7.95. The van der Waals surface area contributed by atoms with Crippen LogP contribution >= 0.6 is 0 Å². The molecule has 0 aromatic heterocycles. The van der Waals surface area contributed by atoms with Crippen LogP contribution in [-0.2, 0) is 4.79 Å². The van der Waals surface area contributed by atoms with E-state index >= 15 is 0 Å². The molecule has 0 heterocycles. The van der Waals surface area contributed by atoms with Gasteiger partial charge in [-0.1, -0.05) is 6.07 Å². The van der Waals surface area contributed by atoms with E-state index in [1.165, 1.54) is 25.3 Å². The summed E-state index contributed by atoms with van der Waals surface area (Å²) in [6, 6.07) is 4.07. The summed E-state index contributed by atoms with van der Waals surface area (Å²) < 4.78 is 4.82. The highest BCUT2D eigenvalue weighted by Gasteiger charge is 2.22. The first-order valence-electron chi connectivity index (χ1n) is 4.90. The maximum Gasteiger partial charge on any atom is 0.306 e. The van der Waals surface area contributed by atoms with E-state index in [1.807, 2.05) is 0 Å². The number of methoxy groups -OCH3 is 1. The Morgan fingerprint density at radius 3 is 2.53 bits per heavy atom. The van der Waals surface area contributed by atoms with Crippen LogP contribution in [0, 0.1) is 0 Å². The second kappa shape index (κ2) is 5.51. The van der Waals surface area contributed by atoms with Gasteiger partial charge in [-0.25, -0.2) is 0 Å². The van der Waals surface area contributed by atoms with Crippen molar-refractivity contribution in [1.29, 1.82) is 0 Å². The molecule has 0 aliphatic carbocycles. The molecule has 0 fully saturated rings. The minimum absolute atomic E-state index is 0.188. The van der Waals surface area contributed by atoms with Crippen molar-refractivity contribution in [3.05, 3.63) is 23.8 Å². The molecule has 0 spiro atoms. The Morgan fingerprint density at radius 2 is 2.06 bits per heavy atom. The lowest BCUT2D eigenvalue weighted by atomic mass is 10.0. The summed E-state index contributed by atoms with van der Waals surface area (Å²) in [7, 11) is 1.38. The summed E-state index contributed by atoms with van der Waals surface area (Å²) in [5.41, 5.74) is 0.219. The van der Waals surface area contributed by atoms with Crippen molar-refractivity contribution >= 4 is 5.97 Å². The number of carboxylic acids is 1. The molecule has 0 aliphatic heterocycles. The maximum atomic E-state index is 10.4. The predicted molar refractivity (Wildman–Crippen MR) is 57.9 cm³/mol. The molecule has 1 rings (SSSR count). The van der Waals surface area contributed by atoms with Gasteiger partial charge in [0.05, 0.1) is 19.6 Å². The van der Waals surface area contributed by atoms with Gasteiger partial charge in [0.25, 0.3) is 0 Å². The molecule has 0 saturated heterocycles. The van der Waals surface area contributed by atoms with E-state index < -0.39 is 24.6 Å². The number of carboxylic acid groups (broad SMARTS) is 1. The van der Waals surface area contributed by atoms with E-state index in [0.29, 0.717) is 0 Å². The number of phenolic OH excluding ortho intramolecular Hbond substituents is 1. The lowest BCUT2D eigenvalue weighted by Crippen LogP contribution is -2.21. The molecule has 17 heavy (non-hydrogen) atoms. The molecule has 0 saturated carbocycles. The third-order valence-corrected chi connectivity index (χ3v) is 2.29. The van der Waals surface area contributed by atoms with Crippen LogP contribution in [0.4, 0.5) is 0 Å². The van der Waals surface area contributed by atoms with E-state index in [1.54, 1.807) is 0 Å². The third kappa shape index (κ3) is 3.33. The minimum atomic E-state index is -1.43. The molecule has 1 aromatic rings.